The molecule has 0 spiro atoms. The third kappa shape index (κ3) is 6.22. The molecule has 1 aromatic carbocycles. The lowest BCUT2D eigenvalue weighted by atomic mass is 10.1. The van der Waals surface area contributed by atoms with Gasteiger partial charge < -0.3 is 0 Å². The molecule has 8 heteroatoms. The van der Waals surface area contributed by atoms with Crippen LogP contribution in [0.3, 0.4) is 0 Å². The van der Waals surface area contributed by atoms with Crippen molar-refractivity contribution in [1.29, 1.82) is 5.26 Å². The van der Waals surface area contributed by atoms with E-state index in [-0.39, 0.29) is 6.42 Å². The number of nitrogens with zero attached hydrogens (tertiary/aromatic N) is 1. The summed E-state index contributed by atoms with van der Waals surface area (Å²) in [7, 11) is -7.01. The summed E-state index contributed by atoms with van der Waals surface area (Å²) in [6.07, 6.45) is 1.24. The number of sulfonamides is 1. The molecule has 104 valence electrons. The van der Waals surface area contributed by atoms with Gasteiger partial charge in [-0.2, -0.15) is 5.26 Å². The third-order valence-electron chi connectivity index (χ3n) is 2.23. The molecule has 6 nitrogen and oxygen atoms in total. The molecular formula is C11H14N2O4S2. The number of hydrogen-bond acceptors (Lipinski definition) is 5. The Bertz CT molecular complexity index is 670. The number of hydrogen-bond donors (Lipinski definition) is 1. The molecule has 0 aliphatic heterocycles. The van der Waals surface area contributed by atoms with E-state index in [1.807, 2.05) is 6.07 Å². The molecule has 0 fully saturated rings. The highest BCUT2D eigenvalue weighted by Gasteiger charge is 2.14. The zero-order chi connectivity index (χ0) is 14.5. The van der Waals surface area contributed by atoms with Crippen LogP contribution in [0.4, 0.5) is 5.69 Å². The van der Waals surface area contributed by atoms with Crippen molar-refractivity contribution in [2.24, 2.45) is 0 Å². The summed E-state index contributed by atoms with van der Waals surface area (Å²) in [6.45, 7) is 0. The first kappa shape index (κ1) is 15.5. The maximum Gasteiger partial charge on any atom is 0.233 e. The van der Waals surface area contributed by atoms with E-state index in [0.29, 0.717) is 5.69 Å². The Hall–Kier alpha value is -1.59. The Kier molecular flexibility index (Phi) is 4.91. The van der Waals surface area contributed by atoms with Crippen molar-refractivity contribution in [2.45, 2.75) is 6.42 Å². The van der Waals surface area contributed by atoms with E-state index < -0.39 is 31.4 Å². The molecule has 1 N–H and O–H groups in total. The minimum atomic E-state index is -3.69. The van der Waals surface area contributed by atoms with Crippen LogP contribution in [0, 0.1) is 11.3 Å². The van der Waals surface area contributed by atoms with E-state index in [9.17, 15) is 16.8 Å². The Morgan fingerprint density at radius 2 is 1.68 bits per heavy atom. The quantitative estimate of drug-likeness (QED) is 0.826. The zero-order valence-electron chi connectivity index (χ0n) is 10.3. The van der Waals surface area contributed by atoms with E-state index in [2.05, 4.69) is 4.72 Å². The lowest BCUT2D eigenvalue weighted by molar-refractivity contribution is 0.593. The average Bonchev–Trinajstić information content (AvgIpc) is 2.29. The summed E-state index contributed by atoms with van der Waals surface area (Å²) in [6, 6.07) is 8.32. The van der Waals surface area contributed by atoms with Crippen molar-refractivity contribution in [1.82, 2.24) is 0 Å². The topological polar surface area (TPSA) is 104 Å². The normalized spacial score (nSPS) is 11.8. The van der Waals surface area contributed by atoms with Crippen LogP contribution in [0.2, 0.25) is 0 Å². The SMILES string of the molecule is CS(=O)(=O)CCS(=O)(=O)Nc1ccc(CC#N)cc1. The smallest absolute Gasteiger partial charge is 0.233 e. The van der Waals surface area contributed by atoms with Gasteiger partial charge in [0.2, 0.25) is 10.0 Å². The second-order valence-electron chi connectivity index (χ2n) is 4.08. The molecule has 1 aromatic rings. The van der Waals surface area contributed by atoms with Crippen molar-refractivity contribution in [3.63, 3.8) is 0 Å². The molecule has 0 amide bonds. The highest BCUT2D eigenvalue weighted by molar-refractivity contribution is 7.95. The van der Waals surface area contributed by atoms with Gasteiger partial charge in [0.15, 0.2) is 0 Å². The fraction of sp³-hybridized carbons (Fsp3) is 0.364. The maximum absolute atomic E-state index is 11.6. The predicted molar refractivity (Wildman–Crippen MR) is 72.9 cm³/mol. The van der Waals surface area contributed by atoms with Crippen molar-refractivity contribution in [3.05, 3.63) is 29.8 Å². The van der Waals surface area contributed by atoms with Gasteiger partial charge in [-0.25, -0.2) is 16.8 Å². The fourth-order valence-electron chi connectivity index (χ4n) is 1.27. The second-order valence-corrected chi connectivity index (χ2v) is 8.18. The van der Waals surface area contributed by atoms with Crippen molar-refractivity contribution < 1.29 is 16.8 Å². The fourth-order valence-corrected chi connectivity index (χ4v) is 3.96. The van der Waals surface area contributed by atoms with Gasteiger partial charge in [0.05, 0.1) is 24.0 Å². The van der Waals surface area contributed by atoms with E-state index >= 15 is 0 Å². The van der Waals surface area contributed by atoms with Gasteiger partial charge >= 0.3 is 0 Å². The van der Waals surface area contributed by atoms with Crippen LogP contribution < -0.4 is 4.72 Å². The summed E-state index contributed by atoms with van der Waals surface area (Å²) in [5.74, 6) is -0.902. The molecule has 0 saturated heterocycles. The standard InChI is InChI=1S/C11H14N2O4S2/c1-18(14,15)8-9-19(16,17)13-11-4-2-10(3-5-11)6-7-12/h2-5,13H,6,8-9H2,1H3. The first-order chi connectivity index (χ1) is 8.72. The van der Waals surface area contributed by atoms with Crippen LogP contribution in [0.15, 0.2) is 24.3 Å². The van der Waals surface area contributed by atoms with Crippen LogP contribution in [-0.4, -0.2) is 34.6 Å². The van der Waals surface area contributed by atoms with Crippen LogP contribution in [0.5, 0.6) is 0 Å². The van der Waals surface area contributed by atoms with Gasteiger partial charge in [-0.3, -0.25) is 4.72 Å². The average molecular weight is 302 g/mol. The lowest BCUT2D eigenvalue weighted by Gasteiger charge is -2.07. The summed E-state index contributed by atoms with van der Waals surface area (Å²) in [5, 5.41) is 8.50. The molecule has 0 aromatic heterocycles. The third-order valence-corrected chi connectivity index (χ3v) is 4.73. The van der Waals surface area contributed by atoms with Crippen molar-refractivity contribution in [3.8, 4) is 6.07 Å². The van der Waals surface area contributed by atoms with E-state index in [1.54, 1.807) is 12.1 Å². The van der Waals surface area contributed by atoms with Gasteiger partial charge in [0.25, 0.3) is 0 Å². The summed E-state index contributed by atoms with van der Waals surface area (Å²) in [5.41, 5.74) is 1.12. The number of anilines is 1. The predicted octanol–water partition coefficient (Wildman–Crippen LogP) is 0.539. The molecule has 0 aliphatic rings. The lowest BCUT2D eigenvalue weighted by Crippen LogP contribution is -2.22. The van der Waals surface area contributed by atoms with Crippen molar-refractivity contribution >= 4 is 25.5 Å². The van der Waals surface area contributed by atoms with Crippen molar-refractivity contribution in [2.75, 3.05) is 22.5 Å². The van der Waals surface area contributed by atoms with Gasteiger partial charge in [-0.15, -0.1) is 0 Å². The molecule has 0 heterocycles. The number of sulfone groups is 1. The molecule has 1 rings (SSSR count). The van der Waals surface area contributed by atoms with Gasteiger partial charge in [-0.05, 0) is 17.7 Å². The molecule has 0 unspecified atom stereocenters. The molecule has 0 atom stereocenters. The summed E-state index contributed by atoms with van der Waals surface area (Å²) in [4.78, 5) is 0. The maximum atomic E-state index is 11.6. The molecule has 0 saturated carbocycles. The van der Waals surface area contributed by atoms with Crippen LogP contribution in [0.1, 0.15) is 5.56 Å². The van der Waals surface area contributed by atoms with E-state index in [4.69, 9.17) is 5.26 Å². The van der Waals surface area contributed by atoms with Gasteiger partial charge in [0, 0.05) is 11.9 Å². The van der Waals surface area contributed by atoms with Gasteiger partial charge in [0.1, 0.15) is 9.84 Å². The first-order valence-electron chi connectivity index (χ1n) is 5.36. The van der Waals surface area contributed by atoms with Crippen LogP contribution in [-0.2, 0) is 26.3 Å². The van der Waals surface area contributed by atoms with Gasteiger partial charge in [-0.1, -0.05) is 12.1 Å². The summed E-state index contributed by atoms with van der Waals surface area (Å²) >= 11 is 0. The number of benzene rings is 1. The summed E-state index contributed by atoms with van der Waals surface area (Å²) < 4.78 is 47.4. The number of nitriles is 1. The highest BCUT2D eigenvalue weighted by atomic mass is 32.2. The van der Waals surface area contributed by atoms with E-state index in [0.717, 1.165) is 11.8 Å². The molecule has 0 bridgehead atoms. The van der Waals surface area contributed by atoms with Crippen LogP contribution in [0.25, 0.3) is 0 Å². The first-order valence-corrected chi connectivity index (χ1v) is 9.07. The zero-order valence-corrected chi connectivity index (χ0v) is 12.0. The highest BCUT2D eigenvalue weighted by Crippen LogP contribution is 2.12. The Morgan fingerprint density at radius 1 is 1.11 bits per heavy atom. The number of rotatable bonds is 6. The van der Waals surface area contributed by atoms with E-state index in [1.165, 1.54) is 12.1 Å². The Balaban J connectivity index is 2.71. The minimum Gasteiger partial charge on any atom is -0.284 e. The van der Waals surface area contributed by atoms with Crippen LogP contribution >= 0.6 is 0 Å². The largest absolute Gasteiger partial charge is 0.284 e. The second kappa shape index (κ2) is 6.04. The molecule has 0 aliphatic carbocycles. The Labute approximate surface area is 113 Å². The monoisotopic (exact) mass is 302 g/mol. The minimum absolute atomic E-state index is 0.251. The molecule has 19 heavy (non-hydrogen) atoms. The molecular weight excluding hydrogens is 288 g/mol. The molecule has 0 radical (unpaired) electrons. The number of nitrogens with one attached hydrogen (secondary N) is 1. The Morgan fingerprint density at radius 3 is 2.16 bits per heavy atom.